The van der Waals surface area contributed by atoms with Gasteiger partial charge in [-0.3, -0.25) is 9.69 Å². The van der Waals surface area contributed by atoms with Gasteiger partial charge in [-0.25, -0.2) is 4.79 Å². The maximum absolute atomic E-state index is 13.0. The van der Waals surface area contributed by atoms with Crippen LogP contribution in [0, 0.1) is 6.92 Å². The Balaban J connectivity index is 1.54. The van der Waals surface area contributed by atoms with Gasteiger partial charge in [0.2, 0.25) is 6.79 Å². The molecule has 2 heterocycles. The average molecular weight is 352 g/mol. The Morgan fingerprint density at radius 3 is 2.69 bits per heavy atom. The average Bonchev–Trinajstić information content (AvgIpc) is 3.15. The van der Waals surface area contributed by atoms with E-state index in [0.717, 1.165) is 16.7 Å². The molecule has 134 valence electrons. The molecule has 1 saturated heterocycles. The number of hydrogen-bond acceptors (Lipinski definition) is 4. The molecule has 2 aliphatic heterocycles. The van der Waals surface area contributed by atoms with Gasteiger partial charge in [0.1, 0.15) is 5.54 Å². The third kappa shape index (κ3) is 2.77. The van der Waals surface area contributed by atoms with Crippen LogP contribution in [0.25, 0.3) is 0 Å². The highest BCUT2D eigenvalue weighted by molar-refractivity contribution is 6.06. The van der Waals surface area contributed by atoms with Gasteiger partial charge in [-0.2, -0.15) is 0 Å². The second-order valence-corrected chi connectivity index (χ2v) is 6.94. The first-order valence-corrected chi connectivity index (χ1v) is 8.53. The summed E-state index contributed by atoms with van der Waals surface area (Å²) in [5, 5.41) is 2.85. The molecule has 0 radical (unpaired) electrons. The second-order valence-electron chi connectivity index (χ2n) is 6.94. The minimum atomic E-state index is -0.979. The number of aryl methyl sites for hydroxylation is 1. The first kappa shape index (κ1) is 16.4. The van der Waals surface area contributed by atoms with Gasteiger partial charge in [0.05, 0.1) is 6.54 Å². The van der Waals surface area contributed by atoms with E-state index in [1.807, 2.05) is 49.4 Å². The van der Waals surface area contributed by atoms with Crippen LogP contribution in [0.15, 0.2) is 42.5 Å². The summed E-state index contributed by atoms with van der Waals surface area (Å²) in [6.07, 6.45) is 0.387. The Morgan fingerprint density at radius 2 is 1.88 bits per heavy atom. The molecule has 3 amide bonds. The number of fused-ring (bicyclic) bond motifs is 1. The molecule has 4 rings (SSSR count). The van der Waals surface area contributed by atoms with E-state index in [1.165, 1.54) is 4.90 Å². The van der Waals surface area contributed by atoms with Crippen molar-refractivity contribution in [2.75, 3.05) is 6.79 Å². The van der Waals surface area contributed by atoms with Gasteiger partial charge >= 0.3 is 6.03 Å². The molecule has 0 unspecified atom stereocenters. The standard InChI is InChI=1S/C20H20N2O4/c1-13-5-3-4-6-15(13)11-22-18(23)20(2,21-19(22)24)10-14-7-8-16-17(9-14)26-12-25-16/h3-9H,10-12H2,1-2H3,(H,21,24)/t20-/m0/s1. The first-order valence-electron chi connectivity index (χ1n) is 8.53. The molecule has 6 heteroatoms. The molecule has 0 saturated carbocycles. The molecule has 0 spiro atoms. The van der Waals surface area contributed by atoms with Crippen LogP contribution in [0.2, 0.25) is 0 Å². The number of carbonyl (C=O) groups excluding carboxylic acids is 2. The van der Waals surface area contributed by atoms with Gasteiger partial charge in [0, 0.05) is 6.42 Å². The number of ether oxygens (including phenoxy) is 2. The lowest BCUT2D eigenvalue weighted by molar-refractivity contribution is -0.131. The molecule has 0 aliphatic carbocycles. The number of benzene rings is 2. The Hall–Kier alpha value is -3.02. The lowest BCUT2D eigenvalue weighted by Crippen LogP contribution is -2.45. The highest BCUT2D eigenvalue weighted by Crippen LogP contribution is 2.34. The highest BCUT2D eigenvalue weighted by atomic mass is 16.7. The number of rotatable bonds is 4. The maximum Gasteiger partial charge on any atom is 0.325 e. The number of imide groups is 1. The molecule has 2 aliphatic rings. The van der Waals surface area contributed by atoms with Crippen molar-refractivity contribution < 1.29 is 19.1 Å². The van der Waals surface area contributed by atoms with Gasteiger partial charge in [-0.15, -0.1) is 0 Å². The molecular formula is C20H20N2O4. The maximum atomic E-state index is 13.0. The van der Waals surface area contributed by atoms with Crippen LogP contribution in [-0.4, -0.2) is 29.2 Å². The lowest BCUT2D eigenvalue weighted by Gasteiger charge is -2.22. The Kier molecular flexibility index (Phi) is 3.83. The molecule has 2 aromatic carbocycles. The molecule has 2 aromatic rings. The van der Waals surface area contributed by atoms with Gasteiger partial charge in [0.25, 0.3) is 5.91 Å². The van der Waals surface area contributed by atoms with Crippen LogP contribution in [0.4, 0.5) is 4.79 Å². The van der Waals surface area contributed by atoms with E-state index in [-0.39, 0.29) is 25.3 Å². The van der Waals surface area contributed by atoms with Crippen molar-refractivity contribution in [1.29, 1.82) is 0 Å². The summed E-state index contributed by atoms with van der Waals surface area (Å²) in [5.74, 6) is 1.14. The summed E-state index contributed by atoms with van der Waals surface area (Å²) in [6, 6.07) is 13.0. The quantitative estimate of drug-likeness (QED) is 0.859. The fourth-order valence-electron chi connectivity index (χ4n) is 3.43. The van der Waals surface area contributed by atoms with E-state index >= 15 is 0 Å². The summed E-state index contributed by atoms with van der Waals surface area (Å²) < 4.78 is 10.7. The molecular weight excluding hydrogens is 332 g/mol. The number of nitrogens with zero attached hydrogens (tertiary/aromatic N) is 1. The fraction of sp³-hybridized carbons (Fsp3) is 0.300. The summed E-state index contributed by atoms with van der Waals surface area (Å²) >= 11 is 0. The van der Waals surface area contributed by atoms with Crippen molar-refractivity contribution in [3.63, 3.8) is 0 Å². The Morgan fingerprint density at radius 1 is 1.12 bits per heavy atom. The van der Waals surface area contributed by atoms with Crippen LogP contribution in [0.3, 0.4) is 0 Å². The fourth-order valence-corrected chi connectivity index (χ4v) is 3.43. The van der Waals surface area contributed by atoms with Crippen LogP contribution >= 0.6 is 0 Å². The second kappa shape index (κ2) is 6.05. The van der Waals surface area contributed by atoms with Crippen LogP contribution in [0.1, 0.15) is 23.6 Å². The predicted molar refractivity (Wildman–Crippen MR) is 94.9 cm³/mol. The number of urea groups is 1. The molecule has 1 fully saturated rings. The van der Waals surface area contributed by atoms with Gasteiger partial charge in [0.15, 0.2) is 11.5 Å². The van der Waals surface area contributed by atoms with Crippen LogP contribution < -0.4 is 14.8 Å². The van der Waals surface area contributed by atoms with Crippen molar-refractivity contribution in [1.82, 2.24) is 10.2 Å². The smallest absolute Gasteiger partial charge is 0.325 e. The van der Waals surface area contributed by atoms with Gasteiger partial charge in [-0.1, -0.05) is 30.3 Å². The monoisotopic (exact) mass is 352 g/mol. The van der Waals surface area contributed by atoms with Crippen molar-refractivity contribution in [2.45, 2.75) is 32.4 Å². The molecule has 1 N–H and O–H groups in total. The van der Waals surface area contributed by atoms with E-state index in [2.05, 4.69) is 5.32 Å². The predicted octanol–water partition coefficient (Wildman–Crippen LogP) is 2.78. The summed E-state index contributed by atoms with van der Waals surface area (Å²) in [5.41, 5.74) is 1.94. The van der Waals surface area contributed by atoms with Gasteiger partial charge < -0.3 is 14.8 Å². The van der Waals surface area contributed by atoms with Crippen molar-refractivity contribution in [2.24, 2.45) is 0 Å². The summed E-state index contributed by atoms with van der Waals surface area (Å²) in [6.45, 7) is 4.21. The Bertz CT molecular complexity index is 895. The van der Waals surface area contributed by atoms with Crippen LogP contribution in [-0.2, 0) is 17.8 Å². The largest absolute Gasteiger partial charge is 0.454 e. The zero-order valence-electron chi connectivity index (χ0n) is 14.7. The SMILES string of the molecule is Cc1ccccc1CN1C(=O)N[C@@](C)(Cc2ccc3c(c2)OCO3)C1=O. The summed E-state index contributed by atoms with van der Waals surface area (Å²) in [4.78, 5) is 26.7. The third-order valence-corrected chi connectivity index (χ3v) is 4.93. The van der Waals surface area contributed by atoms with E-state index < -0.39 is 5.54 Å². The highest BCUT2D eigenvalue weighted by Gasteiger charge is 2.47. The zero-order chi connectivity index (χ0) is 18.3. The number of amides is 3. The minimum Gasteiger partial charge on any atom is -0.454 e. The van der Waals surface area contributed by atoms with E-state index in [0.29, 0.717) is 17.9 Å². The number of nitrogens with one attached hydrogen (secondary N) is 1. The first-order chi connectivity index (χ1) is 12.5. The van der Waals surface area contributed by atoms with Crippen molar-refractivity contribution in [3.8, 4) is 11.5 Å². The Labute approximate surface area is 151 Å². The summed E-state index contributed by atoms with van der Waals surface area (Å²) in [7, 11) is 0. The van der Waals surface area contributed by atoms with Crippen LogP contribution in [0.5, 0.6) is 11.5 Å². The number of hydrogen-bond donors (Lipinski definition) is 1. The van der Waals surface area contributed by atoms with E-state index in [4.69, 9.17) is 9.47 Å². The van der Waals surface area contributed by atoms with E-state index in [1.54, 1.807) is 6.92 Å². The molecule has 1 atom stereocenters. The molecule has 26 heavy (non-hydrogen) atoms. The molecule has 0 aromatic heterocycles. The normalized spacial score (nSPS) is 21.2. The molecule has 0 bridgehead atoms. The third-order valence-electron chi connectivity index (χ3n) is 4.93. The zero-order valence-corrected chi connectivity index (χ0v) is 14.7. The minimum absolute atomic E-state index is 0.204. The van der Waals surface area contributed by atoms with E-state index in [9.17, 15) is 9.59 Å². The molecule has 6 nitrogen and oxygen atoms in total. The topological polar surface area (TPSA) is 67.9 Å². The van der Waals surface area contributed by atoms with Crippen molar-refractivity contribution >= 4 is 11.9 Å². The van der Waals surface area contributed by atoms with Crippen molar-refractivity contribution in [3.05, 3.63) is 59.2 Å². The number of carbonyl (C=O) groups is 2. The lowest BCUT2D eigenvalue weighted by atomic mass is 9.92. The van der Waals surface area contributed by atoms with Gasteiger partial charge in [-0.05, 0) is 42.7 Å².